The molecule has 13 nitrogen and oxygen atoms in total. The van der Waals surface area contributed by atoms with Crippen LogP contribution in [0.4, 0.5) is 0 Å². The number of carboxylic acids is 1. The summed E-state index contributed by atoms with van der Waals surface area (Å²) in [6.07, 6.45) is 9.09. The fraction of sp³-hybridized carbons (Fsp3) is 0.725. The second-order valence-corrected chi connectivity index (χ2v) is 14.2. The maximum absolute atomic E-state index is 13.5. The largest absolute Gasteiger partial charge is 0.480 e. The second-order valence-electron chi connectivity index (χ2n) is 14.2. The van der Waals surface area contributed by atoms with E-state index in [4.69, 9.17) is 14.6 Å². The average molecular weight is 752 g/mol. The van der Waals surface area contributed by atoms with Crippen molar-refractivity contribution in [2.45, 2.75) is 130 Å². The molecule has 1 heterocycles. The maximum atomic E-state index is 13.5. The number of hydrogen-bond donors (Lipinski definition) is 4. The number of methoxy groups -OCH3 is 2. The Kier molecular flexibility index (Phi) is 28.1. The Labute approximate surface area is 320 Å². The number of amides is 4. The van der Waals surface area contributed by atoms with E-state index in [9.17, 15) is 24.0 Å². The molecule has 0 saturated carbocycles. The van der Waals surface area contributed by atoms with Gasteiger partial charge in [-0.3, -0.25) is 19.2 Å². The molecular weight excluding hydrogens is 678 g/mol. The first-order valence-electron chi connectivity index (χ1n) is 18.9. The highest BCUT2D eigenvalue weighted by atomic mass is 16.5. The standard InChI is InChI=1S/C27H52N4O5.C10H13NO3.C3H8/c1-11-19(6)25(30(8)23(33)16-29-27(34)24(28-7)17(2)3)21(35-9)15-22(32)31-14-12-13-20(31)26(36-10)18(4)5;1-3-4-5-8(2)6-9(10(13)14)11-7-12;1-3-2/h17-21,24-26,28H,11-16H2,1-10H3,(H,29,34);3-5,7,9H,1-2,6H2,(H,11,12)(H,13,14);3H2,1-2H3/b;5-4-;. The Morgan fingerprint density at radius 3 is 2.06 bits per heavy atom. The summed E-state index contributed by atoms with van der Waals surface area (Å²) < 4.78 is 11.6. The average Bonchev–Trinajstić information content (AvgIpc) is 3.59. The van der Waals surface area contributed by atoms with E-state index in [2.05, 4.69) is 70.7 Å². The number of hydrogen-bond acceptors (Lipinski definition) is 8. The van der Waals surface area contributed by atoms with Gasteiger partial charge in [-0.25, -0.2) is 4.79 Å². The highest BCUT2D eigenvalue weighted by Gasteiger charge is 2.40. The van der Waals surface area contributed by atoms with Crippen molar-refractivity contribution in [3.63, 3.8) is 0 Å². The van der Waals surface area contributed by atoms with Crippen LogP contribution < -0.4 is 16.0 Å². The second kappa shape index (κ2) is 28.9. The lowest BCUT2D eigenvalue weighted by Crippen LogP contribution is -2.54. The summed E-state index contributed by atoms with van der Waals surface area (Å²) in [4.78, 5) is 63.4. The van der Waals surface area contributed by atoms with Gasteiger partial charge in [0, 0.05) is 34.2 Å². The van der Waals surface area contributed by atoms with Gasteiger partial charge in [-0.05, 0) is 37.6 Å². The topological polar surface area (TPSA) is 167 Å². The van der Waals surface area contributed by atoms with Gasteiger partial charge in [0.15, 0.2) is 0 Å². The molecular formula is C40H73N5O8. The summed E-state index contributed by atoms with van der Waals surface area (Å²) in [5, 5.41) is 16.6. The molecule has 0 aromatic rings. The zero-order chi connectivity index (χ0) is 41.3. The van der Waals surface area contributed by atoms with Crippen LogP contribution in [-0.2, 0) is 33.4 Å². The van der Waals surface area contributed by atoms with Crippen molar-refractivity contribution in [3.8, 4) is 0 Å². The fourth-order valence-electron chi connectivity index (χ4n) is 6.35. The van der Waals surface area contributed by atoms with Gasteiger partial charge in [0.05, 0.1) is 43.3 Å². The van der Waals surface area contributed by atoms with Crippen LogP contribution in [0.3, 0.4) is 0 Å². The maximum Gasteiger partial charge on any atom is 0.326 e. The molecule has 0 aromatic heterocycles. The van der Waals surface area contributed by atoms with Gasteiger partial charge in [0.25, 0.3) is 0 Å². The number of aliphatic carboxylic acids is 1. The summed E-state index contributed by atoms with van der Waals surface area (Å²) in [6, 6.07) is -1.54. The molecule has 0 aliphatic carbocycles. The van der Waals surface area contributed by atoms with E-state index in [0.717, 1.165) is 19.3 Å². The van der Waals surface area contributed by atoms with Crippen LogP contribution in [0.5, 0.6) is 0 Å². The molecule has 7 atom stereocenters. The molecule has 1 fully saturated rings. The quantitative estimate of drug-likeness (QED) is 0.0916. The minimum atomic E-state index is -1.08. The number of ether oxygens (including phenoxy) is 2. The molecule has 1 rings (SSSR count). The third-order valence-corrected chi connectivity index (χ3v) is 9.23. The first-order chi connectivity index (χ1) is 25.0. The highest BCUT2D eigenvalue weighted by molar-refractivity contribution is 5.87. The predicted octanol–water partition coefficient (Wildman–Crippen LogP) is 4.58. The van der Waals surface area contributed by atoms with Crippen molar-refractivity contribution in [3.05, 3.63) is 37.0 Å². The SMILES string of the molecule is C=C/C=C\C(=C)CC(NC=O)C(=O)O.CCC.CCC(C)C(C(CC(=O)N1CCCC1C(OC)C(C)C)OC)N(C)C(=O)CNC(=O)C(NC)C(C)C. The summed E-state index contributed by atoms with van der Waals surface area (Å²) >= 11 is 0. The van der Waals surface area contributed by atoms with Crippen LogP contribution in [0.25, 0.3) is 0 Å². The highest BCUT2D eigenvalue weighted by Crippen LogP contribution is 2.28. The van der Waals surface area contributed by atoms with E-state index in [1.807, 2.05) is 18.7 Å². The van der Waals surface area contributed by atoms with Gasteiger partial charge >= 0.3 is 5.97 Å². The van der Waals surface area contributed by atoms with Crippen LogP contribution >= 0.6 is 0 Å². The minimum Gasteiger partial charge on any atom is -0.480 e. The van der Waals surface area contributed by atoms with Crippen LogP contribution in [0.1, 0.15) is 93.9 Å². The van der Waals surface area contributed by atoms with Crippen LogP contribution in [0, 0.1) is 17.8 Å². The zero-order valence-electron chi connectivity index (χ0n) is 34.8. The normalized spacial score (nSPS) is 17.2. The van der Waals surface area contributed by atoms with Crippen LogP contribution in [0.15, 0.2) is 37.0 Å². The molecule has 4 amide bonds. The van der Waals surface area contributed by atoms with Gasteiger partial charge in [-0.2, -0.15) is 0 Å². The van der Waals surface area contributed by atoms with Gasteiger partial charge in [-0.15, -0.1) is 0 Å². The number of carbonyl (C=O) groups excluding carboxylic acids is 4. The van der Waals surface area contributed by atoms with E-state index >= 15 is 0 Å². The molecule has 0 radical (unpaired) electrons. The van der Waals surface area contributed by atoms with Gasteiger partial charge in [0.2, 0.25) is 24.1 Å². The summed E-state index contributed by atoms with van der Waals surface area (Å²) in [7, 11) is 6.78. The molecule has 1 saturated heterocycles. The molecule has 1 aliphatic heterocycles. The number of likely N-dealkylation sites (N-methyl/N-ethyl adjacent to an activating group) is 2. The Bertz CT molecular complexity index is 1140. The lowest BCUT2D eigenvalue weighted by Gasteiger charge is -2.39. The molecule has 13 heteroatoms. The van der Waals surface area contributed by atoms with Gasteiger partial charge in [0.1, 0.15) is 6.04 Å². The van der Waals surface area contributed by atoms with Crippen molar-refractivity contribution in [1.82, 2.24) is 25.8 Å². The number of likely N-dealkylation sites (tertiary alicyclic amines) is 1. The zero-order valence-corrected chi connectivity index (χ0v) is 34.8. The Morgan fingerprint density at radius 2 is 1.62 bits per heavy atom. The van der Waals surface area contributed by atoms with Crippen LogP contribution in [0.2, 0.25) is 0 Å². The molecule has 0 spiro atoms. The molecule has 1 aliphatic rings. The number of allylic oxidation sites excluding steroid dienone is 3. The molecule has 53 heavy (non-hydrogen) atoms. The van der Waals surface area contributed by atoms with E-state index in [1.165, 1.54) is 6.42 Å². The molecule has 0 aromatic carbocycles. The smallest absolute Gasteiger partial charge is 0.326 e. The summed E-state index contributed by atoms with van der Waals surface area (Å²) in [5.41, 5.74) is 0.617. The number of carbonyl (C=O) groups is 5. The monoisotopic (exact) mass is 752 g/mol. The van der Waals surface area contributed by atoms with Crippen molar-refractivity contribution >= 4 is 30.1 Å². The summed E-state index contributed by atoms with van der Waals surface area (Å²) in [5.74, 6) is -0.955. The number of nitrogens with zero attached hydrogens (tertiary/aromatic N) is 2. The van der Waals surface area contributed by atoms with Gasteiger partial charge in [-0.1, -0.05) is 105 Å². The molecule has 306 valence electrons. The lowest BCUT2D eigenvalue weighted by molar-refractivity contribution is -0.144. The van der Waals surface area contributed by atoms with E-state index in [0.29, 0.717) is 24.4 Å². The van der Waals surface area contributed by atoms with Crippen LogP contribution in [-0.4, -0.2) is 123 Å². The Hall–Kier alpha value is -3.55. The van der Waals surface area contributed by atoms with Gasteiger partial charge < -0.3 is 40.3 Å². The molecule has 0 bridgehead atoms. The number of rotatable bonds is 22. The first kappa shape index (κ1) is 51.6. The van der Waals surface area contributed by atoms with E-state index in [1.54, 1.807) is 51.4 Å². The Morgan fingerprint density at radius 1 is 1.02 bits per heavy atom. The number of carboxylic acid groups (broad SMARTS) is 1. The summed E-state index contributed by atoms with van der Waals surface area (Å²) in [6.45, 7) is 24.2. The van der Waals surface area contributed by atoms with Crippen molar-refractivity contribution in [2.75, 3.05) is 41.4 Å². The predicted molar refractivity (Wildman–Crippen MR) is 212 cm³/mol. The van der Waals surface area contributed by atoms with Crippen molar-refractivity contribution in [1.29, 1.82) is 0 Å². The van der Waals surface area contributed by atoms with E-state index < -0.39 is 18.1 Å². The third kappa shape index (κ3) is 18.9. The molecule has 7 unspecified atom stereocenters. The lowest BCUT2D eigenvalue weighted by atomic mass is 9.90. The van der Waals surface area contributed by atoms with Crippen molar-refractivity contribution in [2.24, 2.45) is 17.8 Å². The Balaban J connectivity index is 0. The first-order valence-corrected chi connectivity index (χ1v) is 18.9. The fourth-order valence-corrected chi connectivity index (χ4v) is 6.35. The minimum absolute atomic E-state index is 0.0112. The van der Waals surface area contributed by atoms with E-state index in [-0.39, 0.29) is 73.2 Å². The number of nitrogens with one attached hydrogen (secondary N) is 3. The van der Waals surface area contributed by atoms with Crippen molar-refractivity contribution < 1.29 is 38.6 Å². The third-order valence-electron chi connectivity index (χ3n) is 9.23. The molecule has 4 N–H and O–H groups in total.